The molecule has 1 aromatic rings. The van der Waals surface area contributed by atoms with E-state index in [-0.39, 0.29) is 11.2 Å². The first-order valence-corrected chi connectivity index (χ1v) is 5.52. The van der Waals surface area contributed by atoms with Crippen LogP contribution in [0.1, 0.15) is 25.8 Å². The van der Waals surface area contributed by atoms with Crippen molar-refractivity contribution >= 4 is 11.6 Å². The smallest absolute Gasteiger partial charge is 0.126 e. The minimum atomic E-state index is -0.201. The van der Waals surface area contributed by atoms with Crippen LogP contribution >= 0.6 is 11.6 Å². The number of nitrogens with two attached hydrogens (primary N) is 1. The number of hydrogen-bond donors (Lipinski definition) is 1. The summed E-state index contributed by atoms with van der Waals surface area (Å²) in [6.07, 6.45) is 1.56. The van der Waals surface area contributed by atoms with Crippen molar-refractivity contribution in [2.75, 3.05) is 6.54 Å². The van der Waals surface area contributed by atoms with E-state index in [1.807, 2.05) is 0 Å². The van der Waals surface area contributed by atoms with Gasteiger partial charge in [0.2, 0.25) is 0 Å². The molecule has 0 bridgehead atoms. The monoisotopic (exact) mass is 229 g/mol. The van der Waals surface area contributed by atoms with Crippen molar-refractivity contribution in [1.29, 1.82) is 0 Å². The Morgan fingerprint density at radius 1 is 1.47 bits per heavy atom. The van der Waals surface area contributed by atoms with Crippen LogP contribution in [0.2, 0.25) is 5.02 Å². The average molecular weight is 230 g/mol. The molecule has 0 saturated heterocycles. The van der Waals surface area contributed by atoms with Crippen LogP contribution in [0, 0.1) is 11.2 Å². The lowest BCUT2D eigenvalue weighted by Gasteiger charge is -2.26. The summed E-state index contributed by atoms with van der Waals surface area (Å²) in [4.78, 5) is 0. The van der Waals surface area contributed by atoms with E-state index in [2.05, 4.69) is 13.8 Å². The summed E-state index contributed by atoms with van der Waals surface area (Å²) in [5.41, 5.74) is 6.30. The van der Waals surface area contributed by atoms with Gasteiger partial charge in [0.1, 0.15) is 5.82 Å². The molecule has 0 radical (unpaired) electrons. The van der Waals surface area contributed by atoms with Crippen molar-refractivity contribution < 1.29 is 4.39 Å². The molecule has 0 aliphatic rings. The summed E-state index contributed by atoms with van der Waals surface area (Å²) in [6, 6.07) is 4.65. The fraction of sp³-hybridized carbons (Fsp3) is 0.500. The molecule has 0 saturated carbocycles. The molecule has 1 aromatic carbocycles. The molecule has 1 rings (SSSR count). The predicted molar refractivity (Wildman–Crippen MR) is 62.6 cm³/mol. The Bertz CT molecular complexity index is 334. The maximum Gasteiger partial charge on any atom is 0.126 e. The second-order valence-corrected chi connectivity index (χ2v) is 4.72. The third-order valence-electron chi connectivity index (χ3n) is 2.97. The first kappa shape index (κ1) is 12.5. The zero-order chi connectivity index (χ0) is 11.5. The fourth-order valence-corrected chi connectivity index (χ4v) is 1.67. The number of hydrogen-bond acceptors (Lipinski definition) is 1. The van der Waals surface area contributed by atoms with E-state index in [1.54, 1.807) is 12.1 Å². The molecule has 0 aliphatic heterocycles. The highest BCUT2D eigenvalue weighted by atomic mass is 35.5. The fourth-order valence-electron chi connectivity index (χ4n) is 1.48. The number of benzene rings is 1. The standard InChI is InChI=1S/C12H17ClFN/c1-3-12(2,8-15)7-9-6-10(13)4-5-11(9)14/h4-6H,3,7-8,15H2,1-2H3. The predicted octanol–water partition coefficient (Wildman–Crippen LogP) is 3.40. The van der Waals surface area contributed by atoms with Crippen LogP contribution in [0.15, 0.2) is 18.2 Å². The van der Waals surface area contributed by atoms with Crippen LogP contribution in [0.3, 0.4) is 0 Å². The van der Waals surface area contributed by atoms with Gasteiger partial charge in [0, 0.05) is 5.02 Å². The quantitative estimate of drug-likeness (QED) is 0.842. The van der Waals surface area contributed by atoms with Gasteiger partial charge in [-0.05, 0) is 48.6 Å². The maximum absolute atomic E-state index is 13.5. The maximum atomic E-state index is 13.5. The van der Waals surface area contributed by atoms with Crippen LogP contribution in [-0.2, 0) is 6.42 Å². The normalized spacial score (nSPS) is 15.0. The largest absolute Gasteiger partial charge is 0.330 e. The third kappa shape index (κ3) is 3.18. The SMILES string of the molecule is CCC(C)(CN)Cc1cc(Cl)ccc1F. The molecule has 0 spiro atoms. The summed E-state index contributed by atoms with van der Waals surface area (Å²) >= 11 is 5.83. The van der Waals surface area contributed by atoms with Crippen LogP contribution in [0.25, 0.3) is 0 Å². The minimum Gasteiger partial charge on any atom is -0.330 e. The van der Waals surface area contributed by atoms with Crippen molar-refractivity contribution in [3.05, 3.63) is 34.6 Å². The summed E-state index contributed by atoms with van der Waals surface area (Å²) in [6.45, 7) is 4.68. The second-order valence-electron chi connectivity index (χ2n) is 4.28. The Hall–Kier alpha value is -0.600. The first-order valence-electron chi connectivity index (χ1n) is 5.15. The van der Waals surface area contributed by atoms with Gasteiger partial charge in [-0.25, -0.2) is 4.39 Å². The van der Waals surface area contributed by atoms with Crippen LogP contribution < -0.4 is 5.73 Å². The van der Waals surface area contributed by atoms with E-state index in [1.165, 1.54) is 6.07 Å². The zero-order valence-corrected chi connectivity index (χ0v) is 9.94. The number of rotatable bonds is 4. The Kier molecular flexibility index (Phi) is 4.12. The van der Waals surface area contributed by atoms with E-state index in [9.17, 15) is 4.39 Å². The summed E-state index contributed by atoms with van der Waals surface area (Å²) in [7, 11) is 0. The molecular weight excluding hydrogens is 213 g/mol. The van der Waals surface area contributed by atoms with Gasteiger partial charge in [-0.3, -0.25) is 0 Å². The molecule has 0 aliphatic carbocycles. The first-order chi connectivity index (χ1) is 7.00. The molecule has 1 unspecified atom stereocenters. The Labute approximate surface area is 95.4 Å². The Balaban J connectivity index is 2.92. The molecule has 0 fully saturated rings. The van der Waals surface area contributed by atoms with Gasteiger partial charge in [0.15, 0.2) is 0 Å². The Morgan fingerprint density at radius 3 is 2.67 bits per heavy atom. The van der Waals surface area contributed by atoms with Gasteiger partial charge < -0.3 is 5.73 Å². The van der Waals surface area contributed by atoms with Gasteiger partial charge >= 0.3 is 0 Å². The highest BCUT2D eigenvalue weighted by molar-refractivity contribution is 6.30. The van der Waals surface area contributed by atoms with E-state index in [4.69, 9.17) is 17.3 Å². The molecular formula is C12H17ClFN. The van der Waals surface area contributed by atoms with E-state index in [0.717, 1.165) is 6.42 Å². The second kappa shape index (κ2) is 4.95. The van der Waals surface area contributed by atoms with Gasteiger partial charge in [-0.15, -0.1) is 0 Å². The van der Waals surface area contributed by atoms with E-state index >= 15 is 0 Å². The van der Waals surface area contributed by atoms with Crippen molar-refractivity contribution in [3.8, 4) is 0 Å². The number of halogens is 2. The molecule has 1 nitrogen and oxygen atoms in total. The average Bonchev–Trinajstić information content (AvgIpc) is 2.23. The molecule has 1 atom stereocenters. The van der Waals surface area contributed by atoms with Gasteiger partial charge in [0.25, 0.3) is 0 Å². The molecule has 84 valence electrons. The molecule has 15 heavy (non-hydrogen) atoms. The summed E-state index contributed by atoms with van der Waals surface area (Å²) in [5.74, 6) is -0.201. The minimum absolute atomic E-state index is 0.0501. The van der Waals surface area contributed by atoms with E-state index in [0.29, 0.717) is 23.6 Å². The highest BCUT2D eigenvalue weighted by Crippen LogP contribution is 2.27. The molecule has 0 heterocycles. The van der Waals surface area contributed by atoms with Crippen molar-refractivity contribution in [1.82, 2.24) is 0 Å². The lowest BCUT2D eigenvalue weighted by atomic mass is 9.81. The van der Waals surface area contributed by atoms with Crippen molar-refractivity contribution in [2.24, 2.45) is 11.1 Å². The van der Waals surface area contributed by atoms with E-state index < -0.39 is 0 Å². The Morgan fingerprint density at radius 2 is 2.13 bits per heavy atom. The highest BCUT2D eigenvalue weighted by Gasteiger charge is 2.22. The summed E-state index contributed by atoms with van der Waals surface area (Å²) < 4.78 is 13.5. The van der Waals surface area contributed by atoms with Crippen LogP contribution in [0.5, 0.6) is 0 Å². The molecule has 3 heteroatoms. The lowest BCUT2D eigenvalue weighted by molar-refractivity contribution is 0.316. The van der Waals surface area contributed by atoms with Crippen LogP contribution in [-0.4, -0.2) is 6.54 Å². The molecule has 2 N–H and O–H groups in total. The molecule has 0 aromatic heterocycles. The topological polar surface area (TPSA) is 26.0 Å². The van der Waals surface area contributed by atoms with Crippen molar-refractivity contribution in [2.45, 2.75) is 26.7 Å². The third-order valence-corrected chi connectivity index (χ3v) is 3.21. The van der Waals surface area contributed by atoms with Gasteiger partial charge in [0.05, 0.1) is 0 Å². The van der Waals surface area contributed by atoms with Crippen LogP contribution in [0.4, 0.5) is 4.39 Å². The zero-order valence-electron chi connectivity index (χ0n) is 9.19. The van der Waals surface area contributed by atoms with Gasteiger partial charge in [-0.1, -0.05) is 25.4 Å². The van der Waals surface area contributed by atoms with Crippen molar-refractivity contribution in [3.63, 3.8) is 0 Å². The van der Waals surface area contributed by atoms with Gasteiger partial charge in [-0.2, -0.15) is 0 Å². The molecule has 0 amide bonds. The lowest BCUT2D eigenvalue weighted by Crippen LogP contribution is -2.29. The summed E-state index contributed by atoms with van der Waals surface area (Å²) in [5, 5.41) is 0.571.